The highest BCUT2D eigenvalue weighted by molar-refractivity contribution is 6.13. The Bertz CT molecular complexity index is 426. The second-order valence-corrected chi connectivity index (χ2v) is 10.9. The molecule has 0 heterocycles. The van der Waals surface area contributed by atoms with Gasteiger partial charge in [0.1, 0.15) is 0 Å². The lowest BCUT2D eigenvalue weighted by molar-refractivity contribution is -0.235. The van der Waals surface area contributed by atoms with Crippen LogP contribution in [0.4, 0.5) is 0 Å². The van der Waals surface area contributed by atoms with E-state index in [9.17, 15) is 10.2 Å². The van der Waals surface area contributed by atoms with Crippen LogP contribution in [0.2, 0.25) is 0 Å². The molecule has 4 N–H and O–H groups in total. The van der Waals surface area contributed by atoms with Crippen molar-refractivity contribution in [2.24, 2.45) is 34.5 Å². The van der Waals surface area contributed by atoms with Crippen LogP contribution in [-0.2, 0) is 0 Å². The van der Waals surface area contributed by atoms with Gasteiger partial charge in [0.25, 0.3) is 0 Å². The second kappa shape index (κ2) is 6.81. The van der Waals surface area contributed by atoms with Gasteiger partial charge in [-0.15, -0.1) is 0 Å². The van der Waals surface area contributed by atoms with Gasteiger partial charge in [0.2, 0.25) is 0 Å². The quantitative estimate of drug-likeness (QED) is 0.588. The summed E-state index contributed by atoms with van der Waals surface area (Å²) < 4.78 is 0. The minimum Gasteiger partial charge on any atom is -0.430 e. The summed E-state index contributed by atoms with van der Waals surface area (Å²) in [6.45, 7) is 12.2. The van der Waals surface area contributed by atoms with Crippen LogP contribution in [0.25, 0.3) is 0 Å². The Kier molecular flexibility index (Phi) is 5.78. The van der Waals surface area contributed by atoms with E-state index in [1.54, 1.807) is 13.8 Å². The molecule has 2 unspecified atom stereocenters. The van der Waals surface area contributed by atoms with Gasteiger partial charge in [-0.05, 0) is 87.9 Å². The van der Waals surface area contributed by atoms with Crippen LogP contribution in [0.5, 0.6) is 0 Å². The molecule has 0 aromatic rings. The molecule has 25 heavy (non-hydrogen) atoms. The first-order valence-electron chi connectivity index (χ1n) is 9.93. The summed E-state index contributed by atoms with van der Waals surface area (Å²) in [5, 5.41) is 36.4. The zero-order valence-electron chi connectivity index (χ0n) is 17.0. The van der Waals surface area contributed by atoms with Gasteiger partial charge in [-0.25, -0.2) is 0 Å². The van der Waals surface area contributed by atoms with E-state index in [-0.39, 0.29) is 16.7 Å². The molecule has 4 bridgehead atoms. The average Bonchev–Trinajstić information content (AvgIpc) is 2.33. The van der Waals surface area contributed by atoms with Crippen LogP contribution in [0.1, 0.15) is 80.1 Å². The fourth-order valence-electron chi connectivity index (χ4n) is 7.24. The zero-order valence-corrected chi connectivity index (χ0v) is 17.0. The van der Waals surface area contributed by atoms with E-state index < -0.39 is 18.9 Å². The lowest BCUT2D eigenvalue weighted by Gasteiger charge is -2.65. The smallest absolute Gasteiger partial charge is 0.430 e. The van der Waals surface area contributed by atoms with Crippen molar-refractivity contribution in [1.82, 2.24) is 0 Å². The van der Waals surface area contributed by atoms with Crippen LogP contribution < -0.4 is 0 Å². The van der Waals surface area contributed by atoms with Crippen molar-refractivity contribution >= 4 is 7.69 Å². The minimum absolute atomic E-state index is 0.00479. The van der Waals surface area contributed by atoms with E-state index >= 15 is 0 Å². The first kappa shape index (κ1) is 21.2. The molecule has 4 aliphatic carbocycles. The first-order chi connectivity index (χ1) is 11.3. The Hall–Kier alpha value is -0.0951. The van der Waals surface area contributed by atoms with Crippen LogP contribution in [0.3, 0.4) is 0 Å². The van der Waals surface area contributed by atoms with Gasteiger partial charge in [-0.3, -0.25) is 0 Å². The van der Waals surface area contributed by atoms with E-state index in [4.69, 9.17) is 10.0 Å². The Morgan fingerprint density at radius 2 is 1.12 bits per heavy atom. The fraction of sp³-hybridized carbons (Fsp3) is 1.00. The molecule has 4 saturated carbocycles. The van der Waals surface area contributed by atoms with E-state index in [0.717, 1.165) is 17.8 Å². The summed E-state index contributed by atoms with van der Waals surface area (Å²) >= 11 is 0. The van der Waals surface area contributed by atoms with Gasteiger partial charge < -0.3 is 20.3 Å². The normalized spacial score (nSPS) is 37.8. The van der Waals surface area contributed by atoms with Crippen molar-refractivity contribution in [1.29, 1.82) is 0 Å². The molecule has 0 saturated heterocycles. The third kappa shape index (κ3) is 3.95. The summed E-state index contributed by atoms with van der Waals surface area (Å²) in [5.41, 5.74) is -1.91. The molecule has 5 heteroatoms. The third-order valence-corrected chi connectivity index (χ3v) is 7.36. The molecule has 0 aromatic carbocycles. The highest BCUT2D eigenvalue weighted by atomic mass is 16.4. The highest BCUT2D eigenvalue weighted by Gasteiger charge is 2.63. The third-order valence-electron chi connectivity index (χ3n) is 7.36. The topological polar surface area (TPSA) is 80.9 Å². The van der Waals surface area contributed by atoms with E-state index in [1.807, 2.05) is 6.92 Å². The number of rotatable bonds is 3. The monoisotopic (exact) mass is 354 g/mol. The standard InChI is InChI=1S/C20H36O2.BH3O2/c1-17(2,3)16(19(6,22)18(4,5)21)20-10-13-7-14(11-20)9-15(8-13)12-20;2-1-3/h13-16,21-22H,7-12H2,1-6H3;1-3H. The highest BCUT2D eigenvalue weighted by Crippen LogP contribution is 2.67. The van der Waals surface area contributed by atoms with Crippen LogP contribution in [-0.4, -0.2) is 39.1 Å². The number of hydrogen-bond acceptors (Lipinski definition) is 4. The van der Waals surface area contributed by atoms with Gasteiger partial charge in [-0.2, -0.15) is 0 Å². The maximum absolute atomic E-state index is 11.5. The molecule has 0 spiro atoms. The molecule has 0 aliphatic heterocycles. The summed E-state index contributed by atoms with van der Waals surface area (Å²) in [6.07, 6.45) is 8.07. The van der Waals surface area contributed by atoms with E-state index in [1.165, 1.54) is 38.5 Å². The second-order valence-electron chi connectivity index (χ2n) is 10.9. The Morgan fingerprint density at radius 1 is 0.800 bits per heavy atom. The Labute approximate surface area is 154 Å². The Morgan fingerprint density at radius 3 is 1.36 bits per heavy atom. The van der Waals surface area contributed by atoms with Gasteiger partial charge >= 0.3 is 7.69 Å². The lowest BCUT2D eigenvalue weighted by atomic mass is 9.41. The molecular formula is C20H39BO4. The number of hydrogen-bond donors (Lipinski definition) is 4. The molecule has 2 atom stereocenters. The zero-order chi connectivity index (χ0) is 19.3. The van der Waals surface area contributed by atoms with Crippen molar-refractivity contribution in [3.63, 3.8) is 0 Å². The lowest BCUT2D eigenvalue weighted by Crippen LogP contribution is -2.65. The van der Waals surface area contributed by atoms with E-state index in [2.05, 4.69) is 20.8 Å². The molecule has 146 valence electrons. The predicted molar refractivity (Wildman–Crippen MR) is 102 cm³/mol. The largest absolute Gasteiger partial charge is 0.432 e. The molecule has 4 rings (SSSR count). The van der Waals surface area contributed by atoms with Crippen LogP contribution >= 0.6 is 0 Å². The summed E-state index contributed by atoms with van der Waals surface area (Å²) in [7, 11) is -0.750. The van der Waals surface area contributed by atoms with Crippen molar-refractivity contribution < 1.29 is 20.3 Å². The molecule has 4 fully saturated rings. The van der Waals surface area contributed by atoms with Crippen LogP contribution in [0.15, 0.2) is 0 Å². The molecule has 0 radical (unpaired) electrons. The van der Waals surface area contributed by atoms with Crippen molar-refractivity contribution in [2.45, 2.75) is 91.3 Å². The number of aliphatic hydroxyl groups is 2. The first-order valence-corrected chi connectivity index (χ1v) is 9.93. The molecular weight excluding hydrogens is 315 g/mol. The summed E-state index contributed by atoms with van der Waals surface area (Å²) in [5.74, 6) is 2.75. The fourth-order valence-corrected chi connectivity index (χ4v) is 7.24. The minimum atomic E-state index is -1.08. The molecule has 4 aliphatic rings. The average molecular weight is 354 g/mol. The van der Waals surface area contributed by atoms with Crippen molar-refractivity contribution in [3.05, 3.63) is 0 Å². The van der Waals surface area contributed by atoms with Gasteiger partial charge in [0, 0.05) is 5.92 Å². The summed E-state index contributed by atoms with van der Waals surface area (Å²) in [4.78, 5) is 0. The van der Waals surface area contributed by atoms with E-state index in [0.29, 0.717) is 0 Å². The van der Waals surface area contributed by atoms with Crippen LogP contribution in [0, 0.1) is 34.5 Å². The van der Waals surface area contributed by atoms with Gasteiger partial charge in [-0.1, -0.05) is 20.8 Å². The van der Waals surface area contributed by atoms with Crippen molar-refractivity contribution in [2.75, 3.05) is 0 Å². The van der Waals surface area contributed by atoms with Gasteiger partial charge in [0.05, 0.1) is 11.2 Å². The predicted octanol–water partition coefficient (Wildman–Crippen LogP) is 2.62. The molecule has 0 aromatic heterocycles. The SMILES string of the molecule is CC(C)(C)C(C12CC3CC(CC(C3)C1)C2)C(C)(O)C(C)(C)O.OBO. The molecule has 4 nitrogen and oxygen atoms in total. The maximum Gasteiger partial charge on any atom is 0.432 e. The Balaban J connectivity index is 0.000000701. The van der Waals surface area contributed by atoms with Gasteiger partial charge in [0.15, 0.2) is 0 Å². The summed E-state index contributed by atoms with van der Waals surface area (Å²) in [6, 6.07) is 0. The maximum atomic E-state index is 11.5. The molecule has 0 amide bonds. The van der Waals surface area contributed by atoms with Crippen molar-refractivity contribution in [3.8, 4) is 0 Å².